The topological polar surface area (TPSA) is 67.4 Å². The molecule has 1 aromatic heterocycles. The van der Waals surface area contributed by atoms with Crippen LogP contribution in [0.15, 0.2) is 36.7 Å². The van der Waals surface area contributed by atoms with Crippen LogP contribution in [0.4, 0.5) is 10.3 Å². The molecule has 1 atom stereocenters. The van der Waals surface area contributed by atoms with Crippen molar-refractivity contribution >= 4 is 11.9 Å². The molecule has 1 spiro atoms. The van der Waals surface area contributed by atoms with Crippen LogP contribution in [-0.4, -0.2) is 47.1 Å². The first kappa shape index (κ1) is 18.8. The summed E-state index contributed by atoms with van der Waals surface area (Å²) in [6.45, 7) is 4.96. The van der Waals surface area contributed by atoms with E-state index in [1.165, 1.54) is 6.07 Å². The monoisotopic (exact) mass is 384 g/mol. The Hall–Kier alpha value is -2.54. The van der Waals surface area contributed by atoms with E-state index < -0.39 is 0 Å². The van der Waals surface area contributed by atoms with Crippen molar-refractivity contribution in [2.45, 2.75) is 32.2 Å². The predicted molar refractivity (Wildman–Crippen MR) is 103 cm³/mol. The van der Waals surface area contributed by atoms with Gasteiger partial charge in [-0.05, 0) is 37.7 Å². The molecule has 3 heterocycles. The molecule has 1 aromatic carbocycles. The van der Waals surface area contributed by atoms with Gasteiger partial charge in [0, 0.05) is 44.3 Å². The number of halogens is 1. The summed E-state index contributed by atoms with van der Waals surface area (Å²) in [5.74, 6) is 0.0667. The minimum atomic E-state index is -0.283. The van der Waals surface area contributed by atoms with Gasteiger partial charge in [0.15, 0.2) is 0 Å². The number of rotatable bonds is 4. The molecule has 2 aromatic rings. The number of hydrogen-bond donors (Lipinski definition) is 1. The number of hydrogen-bond acceptors (Lipinski definition) is 5. The van der Waals surface area contributed by atoms with E-state index in [-0.39, 0.29) is 23.2 Å². The number of amides is 1. The van der Waals surface area contributed by atoms with E-state index in [1.807, 2.05) is 11.8 Å². The Morgan fingerprint density at radius 1 is 1.21 bits per heavy atom. The third-order valence-corrected chi connectivity index (χ3v) is 5.90. The highest BCUT2D eigenvalue weighted by molar-refractivity contribution is 5.94. The lowest BCUT2D eigenvalue weighted by molar-refractivity contribution is 0.0191. The maximum atomic E-state index is 13.9. The average Bonchev–Trinajstić information content (AvgIpc) is 3.12. The van der Waals surface area contributed by atoms with Crippen molar-refractivity contribution in [3.63, 3.8) is 0 Å². The fourth-order valence-electron chi connectivity index (χ4n) is 4.11. The zero-order valence-corrected chi connectivity index (χ0v) is 16.0. The van der Waals surface area contributed by atoms with E-state index in [4.69, 9.17) is 4.74 Å². The van der Waals surface area contributed by atoms with Gasteiger partial charge in [-0.3, -0.25) is 4.79 Å². The summed E-state index contributed by atoms with van der Waals surface area (Å²) in [7, 11) is 0. The molecule has 2 aliphatic rings. The van der Waals surface area contributed by atoms with Crippen LogP contribution in [-0.2, 0) is 4.74 Å². The fourth-order valence-corrected chi connectivity index (χ4v) is 4.11. The fraction of sp³-hybridized carbons (Fsp3) is 0.476. The summed E-state index contributed by atoms with van der Waals surface area (Å²) in [6.07, 6.45) is 6.15. The molecular formula is C21H25FN4O2. The number of aromatic nitrogens is 2. The van der Waals surface area contributed by atoms with Crippen molar-refractivity contribution in [2.24, 2.45) is 5.41 Å². The Balaban J connectivity index is 1.39. The number of carbonyl (C=O) groups excluding carboxylic acids is 1. The van der Waals surface area contributed by atoms with E-state index in [2.05, 4.69) is 15.3 Å². The van der Waals surface area contributed by atoms with Crippen LogP contribution in [0.2, 0.25) is 0 Å². The molecule has 0 bridgehead atoms. The first-order valence-electron chi connectivity index (χ1n) is 9.76. The minimum absolute atomic E-state index is 0.0305. The van der Waals surface area contributed by atoms with Crippen LogP contribution in [0.3, 0.4) is 0 Å². The van der Waals surface area contributed by atoms with Crippen LogP contribution < -0.4 is 5.32 Å². The third kappa shape index (κ3) is 3.85. The largest absolute Gasteiger partial charge is 0.381 e. The van der Waals surface area contributed by atoms with Crippen LogP contribution in [0.1, 0.15) is 48.1 Å². The summed E-state index contributed by atoms with van der Waals surface area (Å²) in [5.41, 5.74) is 1.24. The van der Waals surface area contributed by atoms with E-state index in [0.717, 1.165) is 45.6 Å². The first-order chi connectivity index (χ1) is 13.6. The molecule has 2 aliphatic heterocycles. The third-order valence-electron chi connectivity index (χ3n) is 5.90. The highest BCUT2D eigenvalue weighted by atomic mass is 19.1. The number of likely N-dealkylation sites (tertiary alicyclic amines) is 1. The molecule has 6 nitrogen and oxygen atoms in total. The molecule has 4 rings (SSSR count). The molecule has 2 saturated heterocycles. The quantitative estimate of drug-likeness (QED) is 0.875. The summed E-state index contributed by atoms with van der Waals surface area (Å²) >= 11 is 0. The van der Waals surface area contributed by atoms with E-state index in [9.17, 15) is 9.18 Å². The van der Waals surface area contributed by atoms with Gasteiger partial charge < -0.3 is 15.0 Å². The highest BCUT2D eigenvalue weighted by Crippen LogP contribution is 2.40. The number of nitrogens with one attached hydrogen (secondary N) is 1. The Bertz CT molecular complexity index is 837. The average molecular weight is 384 g/mol. The standard InChI is InChI=1S/C21H25FN4O2/c1-15(17-4-2-3-5-18(17)22)25-20-23-12-16(13-24-20)19(27)26-9-6-21(14-26)7-10-28-11-8-21/h2-5,12-13,15H,6-11,14H2,1H3,(H,23,24,25). The van der Waals surface area contributed by atoms with Gasteiger partial charge in [-0.1, -0.05) is 18.2 Å². The van der Waals surface area contributed by atoms with E-state index in [0.29, 0.717) is 17.1 Å². The molecule has 148 valence electrons. The lowest BCUT2D eigenvalue weighted by atomic mass is 9.80. The van der Waals surface area contributed by atoms with Crippen molar-refractivity contribution in [3.05, 3.63) is 53.6 Å². The van der Waals surface area contributed by atoms with Crippen molar-refractivity contribution in [1.82, 2.24) is 14.9 Å². The summed E-state index contributed by atoms with van der Waals surface area (Å²) in [4.78, 5) is 23.2. The molecule has 1 amide bonds. The van der Waals surface area contributed by atoms with E-state index in [1.54, 1.807) is 30.6 Å². The molecule has 7 heteroatoms. The first-order valence-corrected chi connectivity index (χ1v) is 9.76. The number of ether oxygens (including phenoxy) is 1. The van der Waals surface area contributed by atoms with Crippen LogP contribution in [0, 0.1) is 11.2 Å². The van der Waals surface area contributed by atoms with Gasteiger partial charge in [-0.15, -0.1) is 0 Å². The van der Waals surface area contributed by atoms with Crippen molar-refractivity contribution in [3.8, 4) is 0 Å². The SMILES string of the molecule is CC(Nc1ncc(C(=O)N2CCC3(CCOCC3)C2)cn1)c1ccccc1F. The summed E-state index contributed by atoms with van der Waals surface area (Å²) in [6, 6.07) is 6.32. The zero-order valence-electron chi connectivity index (χ0n) is 16.0. The van der Waals surface area contributed by atoms with Gasteiger partial charge in [-0.2, -0.15) is 0 Å². The van der Waals surface area contributed by atoms with Crippen LogP contribution in [0.5, 0.6) is 0 Å². The lowest BCUT2D eigenvalue weighted by Gasteiger charge is -2.33. The van der Waals surface area contributed by atoms with Gasteiger partial charge in [-0.25, -0.2) is 14.4 Å². The van der Waals surface area contributed by atoms with E-state index >= 15 is 0 Å². The molecule has 2 fully saturated rings. The van der Waals surface area contributed by atoms with Crippen molar-refractivity contribution < 1.29 is 13.9 Å². The van der Waals surface area contributed by atoms with Gasteiger partial charge in [0.1, 0.15) is 5.82 Å². The number of nitrogens with zero attached hydrogens (tertiary/aromatic N) is 3. The number of anilines is 1. The van der Waals surface area contributed by atoms with Gasteiger partial charge in [0.2, 0.25) is 5.95 Å². The normalized spacial score (nSPS) is 19.6. The molecule has 28 heavy (non-hydrogen) atoms. The highest BCUT2D eigenvalue weighted by Gasteiger charge is 2.41. The molecule has 0 radical (unpaired) electrons. The van der Waals surface area contributed by atoms with Crippen LogP contribution in [0.25, 0.3) is 0 Å². The second kappa shape index (κ2) is 7.83. The minimum Gasteiger partial charge on any atom is -0.381 e. The Morgan fingerprint density at radius 3 is 2.64 bits per heavy atom. The molecule has 0 saturated carbocycles. The van der Waals surface area contributed by atoms with Crippen LogP contribution >= 0.6 is 0 Å². The second-order valence-electron chi connectivity index (χ2n) is 7.77. The second-order valence-corrected chi connectivity index (χ2v) is 7.77. The summed E-state index contributed by atoms with van der Waals surface area (Å²) < 4.78 is 19.4. The zero-order chi connectivity index (χ0) is 19.6. The Morgan fingerprint density at radius 2 is 1.93 bits per heavy atom. The smallest absolute Gasteiger partial charge is 0.257 e. The number of benzene rings is 1. The molecule has 1 N–H and O–H groups in total. The maximum absolute atomic E-state index is 13.9. The lowest BCUT2D eigenvalue weighted by Crippen LogP contribution is -2.35. The summed E-state index contributed by atoms with van der Waals surface area (Å²) in [5, 5.41) is 3.08. The van der Waals surface area contributed by atoms with Crippen molar-refractivity contribution in [1.29, 1.82) is 0 Å². The van der Waals surface area contributed by atoms with Gasteiger partial charge >= 0.3 is 0 Å². The molecule has 1 unspecified atom stereocenters. The predicted octanol–water partition coefficient (Wildman–Crippen LogP) is 3.43. The van der Waals surface area contributed by atoms with Gasteiger partial charge in [0.25, 0.3) is 5.91 Å². The van der Waals surface area contributed by atoms with Crippen molar-refractivity contribution in [2.75, 3.05) is 31.6 Å². The molecular weight excluding hydrogens is 359 g/mol. The Kier molecular flexibility index (Phi) is 5.26. The van der Waals surface area contributed by atoms with Gasteiger partial charge in [0.05, 0.1) is 11.6 Å². The number of carbonyl (C=O) groups is 1. The Labute approximate surface area is 164 Å². The maximum Gasteiger partial charge on any atom is 0.257 e. The molecule has 0 aliphatic carbocycles.